The van der Waals surface area contributed by atoms with E-state index in [1.165, 1.54) is 16.7 Å². The molecule has 0 radical (unpaired) electrons. The number of rotatable bonds is 2. The fourth-order valence-electron chi connectivity index (χ4n) is 2.53. The second-order valence-corrected chi connectivity index (χ2v) is 4.72. The Hall–Kier alpha value is -1.54. The van der Waals surface area contributed by atoms with E-state index >= 15 is 0 Å². The van der Waals surface area contributed by atoms with E-state index in [1.807, 2.05) is 12.3 Å². The fraction of sp³-hybridized carbons (Fsp3) is 0.333. The van der Waals surface area contributed by atoms with Gasteiger partial charge in [-0.05, 0) is 29.5 Å². The zero-order valence-electron chi connectivity index (χ0n) is 9.73. The summed E-state index contributed by atoms with van der Waals surface area (Å²) in [7, 11) is 0. The highest BCUT2D eigenvalue weighted by Gasteiger charge is 2.22. The maximum absolute atomic E-state index is 9.59. The van der Waals surface area contributed by atoms with Crippen molar-refractivity contribution in [3.05, 3.63) is 59.0 Å². The molecule has 0 fully saturated rings. The molecule has 2 nitrogen and oxygen atoms in total. The van der Waals surface area contributed by atoms with Gasteiger partial charge in [-0.1, -0.05) is 30.3 Å². The second kappa shape index (κ2) is 4.38. The van der Waals surface area contributed by atoms with Gasteiger partial charge >= 0.3 is 0 Å². The molecule has 0 saturated heterocycles. The van der Waals surface area contributed by atoms with Crippen molar-refractivity contribution in [3.8, 4) is 0 Å². The van der Waals surface area contributed by atoms with Crippen molar-refractivity contribution in [2.45, 2.75) is 31.8 Å². The molecular weight excluding hydrogens is 212 g/mol. The number of aliphatic hydroxyl groups is 1. The number of fused-ring (bicyclic) bond motifs is 1. The van der Waals surface area contributed by atoms with E-state index in [2.05, 4.69) is 24.3 Å². The molecule has 1 aliphatic rings. The van der Waals surface area contributed by atoms with Crippen molar-refractivity contribution in [2.24, 2.45) is 0 Å². The zero-order valence-corrected chi connectivity index (χ0v) is 9.73. The molecule has 88 valence electrons. The molecule has 17 heavy (non-hydrogen) atoms. The second-order valence-electron chi connectivity index (χ2n) is 4.72. The van der Waals surface area contributed by atoms with E-state index < -0.39 is 0 Å². The lowest BCUT2D eigenvalue weighted by atomic mass is 9.91. The quantitative estimate of drug-likeness (QED) is 0.857. The fourth-order valence-corrected chi connectivity index (χ4v) is 2.53. The monoisotopic (exact) mass is 228 g/mol. The summed E-state index contributed by atoms with van der Waals surface area (Å²) in [5.41, 5.74) is 3.90. The minimum atomic E-state index is -0.224. The third-order valence-corrected chi connectivity index (χ3v) is 3.45. The number of aliphatic hydroxyl groups excluding tert-OH is 1. The Morgan fingerprint density at radius 2 is 2.06 bits per heavy atom. The largest absolute Gasteiger partial charge is 0.469 e. The molecule has 0 amide bonds. The lowest BCUT2D eigenvalue weighted by molar-refractivity contribution is 0.150. The third kappa shape index (κ3) is 2.13. The number of benzene rings is 1. The number of hydrogen-bond donors (Lipinski definition) is 1. The van der Waals surface area contributed by atoms with Crippen molar-refractivity contribution in [3.63, 3.8) is 0 Å². The Morgan fingerprint density at radius 1 is 1.24 bits per heavy atom. The van der Waals surface area contributed by atoms with E-state index in [-0.39, 0.29) is 6.10 Å². The molecule has 1 heterocycles. The van der Waals surface area contributed by atoms with E-state index in [0.29, 0.717) is 6.42 Å². The standard InChI is InChI=1S/C15H16O2/c16-13-6-7-14-12(10-17-15(14)9-13)8-11-4-2-1-3-5-11/h1-5,10,13,16H,6-9H2. The first-order valence-corrected chi connectivity index (χ1v) is 6.13. The highest BCUT2D eigenvalue weighted by molar-refractivity contribution is 5.35. The van der Waals surface area contributed by atoms with Gasteiger partial charge in [0, 0.05) is 12.8 Å². The summed E-state index contributed by atoms with van der Waals surface area (Å²) < 4.78 is 5.57. The predicted octanol–water partition coefficient (Wildman–Crippen LogP) is 2.72. The van der Waals surface area contributed by atoms with E-state index in [4.69, 9.17) is 4.42 Å². The van der Waals surface area contributed by atoms with E-state index in [9.17, 15) is 5.11 Å². The van der Waals surface area contributed by atoms with Crippen LogP contribution in [0, 0.1) is 0 Å². The summed E-state index contributed by atoms with van der Waals surface area (Å²) in [6.07, 6.45) is 5.03. The van der Waals surface area contributed by atoms with Gasteiger partial charge in [-0.15, -0.1) is 0 Å². The molecule has 1 aromatic heterocycles. The maximum atomic E-state index is 9.59. The van der Waals surface area contributed by atoms with Crippen LogP contribution in [0.1, 0.15) is 28.9 Å². The van der Waals surface area contributed by atoms with E-state index in [0.717, 1.165) is 25.0 Å². The molecule has 1 atom stereocenters. The van der Waals surface area contributed by atoms with Crippen LogP contribution >= 0.6 is 0 Å². The van der Waals surface area contributed by atoms with Gasteiger partial charge in [0.05, 0.1) is 12.4 Å². The molecule has 0 spiro atoms. The highest BCUT2D eigenvalue weighted by atomic mass is 16.3. The smallest absolute Gasteiger partial charge is 0.109 e. The van der Waals surface area contributed by atoms with Gasteiger partial charge in [0.25, 0.3) is 0 Å². The predicted molar refractivity (Wildman–Crippen MR) is 66.0 cm³/mol. The molecule has 1 unspecified atom stereocenters. The molecule has 1 aliphatic carbocycles. The summed E-state index contributed by atoms with van der Waals surface area (Å²) >= 11 is 0. The van der Waals surface area contributed by atoms with Gasteiger partial charge in [-0.3, -0.25) is 0 Å². The topological polar surface area (TPSA) is 33.4 Å². The van der Waals surface area contributed by atoms with Gasteiger partial charge in [0.2, 0.25) is 0 Å². The molecule has 0 bridgehead atoms. The van der Waals surface area contributed by atoms with Crippen molar-refractivity contribution < 1.29 is 9.52 Å². The molecule has 0 saturated carbocycles. The van der Waals surface area contributed by atoms with Crippen molar-refractivity contribution in [2.75, 3.05) is 0 Å². The van der Waals surface area contributed by atoms with Crippen molar-refractivity contribution >= 4 is 0 Å². The van der Waals surface area contributed by atoms with Crippen LogP contribution in [0.25, 0.3) is 0 Å². The lowest BCUT2D eigenvalue weighted by Crippen LogP contribution is -2.17. The van der Waals surface area contributed by atoms with Crippen LogP contribution in [0.2, 0.25) is 0 Å². The first-order chi connectivity index (χ1) is 8.33. The molecule has 1 N–H and O–H groups in total. The average molecular weight is 228 g/mol. The van der Waals surface area contributed by atoms with Gasteiger partial charge in [-0.25, -0.2) is 0 Å². The van der Waals surface area contributed by atoms with Crippen LogP contribution in [0.4, 0.5) is 0 Å². The first kappa shape index (κ1) is 10.6. The Balaban J connectivity index is 1.85. The van der Waals surface area contributed by atoms with Crippen LogP contribution in [-0.4, -0.2) is 11.2 Å². The summed E-state index contributed by atoms with van der Waals surface area (Å²) in [6.45, 7) is 0. The van der Waals surface area contributed by atoms with Gasteiger partial charge in [0.15, 0.2) is 0 Å². The molecule has 3 rings (SSSR count). The number of furan rings is 1. The van der Waals surface area contributed by atoms with Crippen LogP contribution in [0.15, 0.2) is 41.0 Å². The van der Waals surface area contributed by atoms with Gasteiger partial charge in [0.1, 0.15) is 5.76 Å². The summed E-state index contributed by atoms with van der Waals surface area (Å²) in [5.74, 6) is 0.981. The SMILES string of the molecule is OC1CCc2c(Cc3ccccc3)coc2C1. The highest BCUT2D eigenvalue weighted by Crippen LogP contribution is 2.28. The first-order valence-electron chi connectivity index (χ1n) is 6.13. The molecule has 0 aliphatic heterocycles. The van der Waals surface area contributed by atoms with Crippen LogP contribution in [-0.2, 0) is 19.3 Å². The lowest BCUT2D eigenvalue weighted by Gasteiger charge is -2.16. The summed E-state index contributed by atoms with van der Waals surface area (Å²) in [4.78, 5) is 0. The van der Waals surface area contributed by atoms with Gasteiger partial charge in [-0.2, -0.15) is 0 Å². The van der Waals surface area contributed by atoms with Crippen LogP contribution in [0.3, 0.4) is 0 Å². The van der Waals surface area contributed by atoms with Crippen LogP contribution < -0.4 is 0 Å². The van der Waals surface area contributed by atoms with Crippen LogP contribution in [0.5, 0.6) is 0 Å². The van der Waals surface area contributed by atoms with E-state index in [1.54, 1.807) is 0 Å². The third-order valence-electron chi connectivity index (χ3n) is 3.45. The number of hydrogen-bond acceptors (Lipinski definition) is 2. The normalized spacial score (nSPS) is 19.0. The summed E-state index contributed by atoms with van der Waals surface area (Å²) in [5, 5.41) is 9.59. The van der Waals surface area contributed by atoms with Crippen molar-refractivity contribution in [1.82, 2.24) is 0 Å². The molecule has 2 aromatic rings. The Kier molecular flexibility index (Phi) is 2.73. The maximum Gasteiger partial charge on any atom is 0.109 e. The zero-order chi connectivity index (χ0) is 11.7. The summed E-state index contributed by atoms with van der Waals surface area (Å²) in [6, 6.07) is 10.4. The van der Waals surface area contributed by atoms with Crippen molar-refractivity contribution in [1.29, 1.82) is 0 Å². The Morgan fingerprint density at radius 3 is 2.88 bits per heavy atom. The Labute approximate surface area is 101 Å². The Bertz CT molecular complexity index is 499. The van der Waals surface area contributed by atoms with Gasteiger partial charge < -0.3 is 9.52 Å². The molecule has 1 aromatic carbocycles. The molecule has 2 heteroatoms. The molecular formula is C15H16O2. The average Bonchev–Trinajstić information content (AvgIpc) is 2.73. The minimum Gasteiger partial charge on any atom is -0.469 e. The minimum absolute atomic E-state index is 0.224.